The number of rotatable bonds is 12. The van der Waals surface area contributed by atoms with E-state index in [0.717, 1.165) is 30.4 Å². The average Bonchev–Trinajstić information content (AvgIpc) is 3.03. The molecule has 1 aliphatic carbocycles. The zero-order chi connectivity index (χ0) is 31.5. The van der Waals surface area contributed by atoms with Crippen molar-refractivity contribution in [3.05, 3.63) is 132 Å². The molecule has 1 fully saturated rings. The molecule has 0 spiro atoms. The predicted molar refractivity (Wildman–Crippen MR) is 177 cm³/mol. The first-order valence-corrected chi connectivity index (χ1v) is 15.7. The number of hydrogen-bond donors (Lipinski definition) is 0. The van der Waals surface area contributed by atoms with Crippen LogP contribution in [0.4, 0.5) is 0 Å². The lowest BCUT2D eigenvalue weighted by Gasteiger charge is -2.44. The Morgan fingerprint density at radius 2 is 1.50 bits per heavy atom. The van der Waals surface area contributed by atoms with Gasteiger partial charge in [-0.2, -0.15) is 0 Å². The van der Waals surface area contributed by atoms with Crippen molar-refractivity contribution in [3.63, 3.8) is 0 Å². The normalized spacial score (nSPS) is 19.4. The van der Waals surface area contributed by atoms with Crippen molar-refractivity contribution in [2.75, 3.05) is 6.61 Å². The van der Waals surface area contributed by atoms with Crippen LogP contribution >= 0.6 is 0 Å². The van der Waals surface area contributed by atoms with Crippen LogP contribution in [0.15, 0.2) is 120 Å². The van der Waals surface area contributed by atoms with Crippen molar-refractivity contribution in [2.24, 2.45) is 22.7 Å². The molecule has 0 radical (unpaired) electrons. The fraction of sp³-hybridized carbons (Fsp3) is 0.359. The van der Waals surface area contributed by atoms with E-state index in [0.29, 0.717) is 18.1 Å². The summed E-state index contributed by atoms with van der Waals surface area (Å²) in [7, 11) is 0. The fourth-order valence-corrected chi connectivity index (χ4v) is 6.17. The van der Waals surface area contributed by atoms with Crippen LogP contribution in [0.5, 0.6) is 0 Å². The third kappa shape index (κ3) is 8.22. The molecule has 230 valence electrons. The summed E-state index contributed by atoms with van der Waals surface area (Å²) in [4.78, 5) is 32.1. The maximum Gasteiger partial charge on any atom is 0.356 e. The number of nitrogens with zero attached hydrogens (tertiary/aromatic N) is 1. The minimum atomic E-state index is -0.749. The van der Waals surface area contributed by atoms with Crippen molar-refractivity contribution >= 4 is 17.7 Å². The van der Waals surface area contributed by atoms with E-state index in [1.54, 1.807) is 19.1 Å². The summed E-state index contributed by atoms with van der Waals surface area (Å²) in [5, 5.41) is 0. The fourth-order valence-electron chi connectivity index (χ4n) is 6.17. The summed E-state index contributed by atoms with van der Waals surface area (Å²) >= 11 is 0. The molecule has 0 aliphatic heterocycles. The summed E-state index contributed by atoms with van der Waals surface area (Å²) in [5.41, 5.74) is 3.42. The molecular formula is C39H45NO4. The number of benzene rings is 3. The molecule has 4 atom stereocenters. The second-order valence-electron chi connectivity index (χ2n) is 12.2. The number of ether oxygens (including phenoxy) is 2. The Hall–Kier alpha value is -4.25. The molecule has 3 unspecified atom stereocenters. The van der Waals surface area contributed by atoms with Gasteiger partial charge < -0.3 is 9.47 Å². The third-order valence-electron chi connectivity index (χ3n) is 8.66. The Morgan fingerprint density at radius 1 is 0.932 bits per heavy atom. The number of esters is 2. The third-order valence-corrected chi connectivity index (χ3v) is 8.66. The first kappa shape index (κ1) is 32.7. The first-order chi connectivity index (χ1) is 21.2. The summed E-state index contributed by atoms with van der Waals surface area (Å²) in [6.07, 6.45) is 6.19. The van der Waals surface area contributed by atoms with E-state index in [1.165, 1.54) is 5.56 Å². The molecule has 0 aromatic heterocycles. The van der Waals surface area contributed by atoms with Gasteiger partial charge in [0.25, 0.3) is 0 Å². The van der Waals surface area contributed by atoms with Gasteiger partial charge in [0.2, 0.25) is 0 Å². The lowest BCUT2D eigenvalue weighted by Crippen LogP contribution is -2.44. The highest BCUT2D eigenvalue weighted by atomic mass is 16.5. The van der Waals surface area contributed by atoms with Crippen molar-refractivity contribution in [3.8, 4) is 0 Å². The van der Waals surface area contributed by atoms with Crippen LogP contribution in [0.1, 0.15) is 70.1 Å². The van der Waals surface area contributed by atoms with Crippen LogP contribution in [-0.4, -0.2) is 30.4 Å². The zero-order valence-corrected chi connectivity index (χ0v) is 26.4. The lowest BCUT2D eigenvalue weighted by molar-refractivity contribution is -0.159. The summed E-state index contributed by atoms with van der Waals surface area (Å²) < 4.78 is 11.8. The Balaban J connectivity index is 1.71. The van der Waals surface area contributed by atoms with Crippen LogP contribution in [0.2, 0.25) is 0 Å². The van der Waals surface area contributed by atoms with Gasteiger partial charge in [-0.05, 0) is 49.2 Å². The van der Waals surface area contributed by atoms with Crippen LogP contribution in [0, 0.1) is 17.8 Å². The highest BCUT2D eigenvalue weighted by Gasteiger charge is 2.42. The minimum Gasteiger partial charge on any atom is -0.462 e. The van der Waals surface area contributed by atoms with Crippen LogP contribution in [0.3, 0.4) is 0 Å². The van der Waals surface area contributed by atoms with Gasteiger partial charge in [0.15, 0.2) is 0 Å². The minimum absolute atomic E-state index is 0.0662. The maximum absolute atomic E-state index is 13.9. The number of aliphatic imine (C=N–C) groups is 1. The Morgan fingerprint density at radius 3 is 2.05 bits per heavy atom. The SMILES string of the molecule is C=CC[C@H](/C=C(\N=C(c1ccccc1)c1ccccc1)C(=O)OCC)C(=O)OC1CC(C)CCC1C(C)(C)c1ccccc1. The molecule has 0 N–H and O–H groups in total. The van der Waals surface area contributed by atoms with Crippen LogP contribution in [-0.2, 0) is 24.5 Å². The van der Waals surface area contributed by atoms with Gasteiger partial charge in [-0.25, -0.2) is 9.79 Å². The maximum atomic E-state index is 13.9. The number of carbonyl (C=O) groups excluding carboxylic acids is 2. The topological polar surface area (TPSA) is 65.0 Å². The number of allylic oxidation sites excluding steroid dienone is 1. The van der Waals surface area contributed by atoms with Gasteiger partial charge in [-0.1, -0.05) is 124 Å². The standard InChI is InChI=1S/C39H45NO4/c1-6-17-31(37(41)44-35-26-28(3)24-25-33(35)39(4,5)32-22-15-10-16-23-32)27-34(38(42)43-7-2)40-36(29-18-11-8-12-19-29)30-20-13-9-14-21-30/h6,8-16,18-23,27-28,31,33,35H,1,7,17,24-26H2,2-5H3/b34-27-/t28?,31-,33?,35?/m1/s1. The first-order valence-electron chi connectivity index (χ1n) is 15.7. The van der Waals surface area contributed by atoms with Gasteiger partial charge in [0.05, 0.1) is 18.2 Å². The van der Waals surface area contributed by atoms with E-state index < -0.39 is 11.9 Å². The van der Waals surface area contributed by atoms with Crippen LogP contribution in [0.25, 0.3) is 0 Å². The number of carbonyl (C=O) groups is 2. The predicted octanol–water partition coefficient (Wildman–Crippen LogP) is 8.49. The van der Waals surface area contributed by atoms with E-state index in [-0.39, 0.29) is 35.7 Å². The van der Waals surface area contributed by atoms with Crippen molar-refractivity contribution < 1.29 is 19.1 Å². The molecule has 3 aromatic carbocycles. The molecule has 44 heavy (non-hydrogen) atoms. The molecule has 5 heteroatoms. The second kappa shape index (κ2) is 15.5. The number of hydrogen-bond acceptors (Lipinski definition) is 5. The molecular weight excluding hydrogens is 546 g/mol. The van der Waals surface area contributed by atoms with Crippen molar-refractivity contribution in [1.29, 1.82) is 0 Å². The Labute approximate surface area is 262 Å². The molecule has 0 saturated heterocycles. The van der Waals surface area contributed by atoms with E-state index in [1.807, 2.05) is 66.7 Å². The molecule has 1 saturated carbocycles. The quantitative estimate of drug-likeness (QED) is 0.0917. The zero-order valence-electron chi connectivity index (χ0n) is 26.4. The molecule has 1 aliphatic rings. The Bertz CT molecular complexity index is 1400. The van der Waals surface area contributed by atoms with E-state index in [9.17, 15) is 9.59 Å². The van der Waals surface area contributed by atoms with E-state index in [2.05, 4.69) is 51.6 Å². The molecule has 0 heterocycles. The van der Waals surface area contributed by atoms with Gasteiger partial charge in [0, 0.05) is 17.0 Å². The summed E-state index contributed by atoms with van der Waals surface area (Å²) in [6, 6.07) is 29.8. The molecule has 0 bridgehead atoms. The molecule has 4 rings (SSSR count). The highest BCUT2D eigenvalue weighted by Crippen LogP contribution is 2.44. The van der Waals surface area contributed by atoms with Crippen LogP contribution < -0.4 is 0 Å². The lowest BCUT2D eigenvalue weighted by atomic mass is 9.64. The molecule has 0 amide bonds. The molecule has 3 aromatic rings. The summed E-state index contributed by atoms with van der Waals surface area (Å²) in [5.74, 6) is -1.11. The van der Waals surface area contributed by atoms with Gasteiger partial charge in [-0.3, -0.25) is 4.79 Å². The monoisotopic (exact) mass is 591 g/mol. The van der Waals surface area contributed by atoms with E-state index >= 15 is 0 Å². The average molecular weight is 592 g/mol. The smallest absolute Gasteiger partial charge is 0.356 e. The van der Waals surface area contributed by atoms with Gasteiger partial charge in [-0.15, -0.1) is 6.58 Å². The largest absolute Gasteiger partial charge is 0.462 e. The highest BCUT2D eigenvalue weighted by molar-refractivity contribution is 6.14. The van der Waals surface area contributed by atoms with Gasteiger partial charge >= 0.3 is 11.9 Å². The molecule has 5 nitrogen and oxygen atoms in total. The second-order valence-corrected chi connectivity index (χ2v) is 12.2. The van der Waals surface area contributed by atoms with Crippen molar-refractivity contribution in [1.82, 2.24) is 0 Å². The Kier molecular flexibility index (Phi) is 11.5. The van der Waals surface area contributed by atoms with E-state index in [4.69, 9.17) is 14.5 Å². The summed E-state index contributed by atoms with van der Waals surface area (Å²) in [6.45, 7) is 12.5. The van der Waals surface area contributed by atoms with Gasteiger partial charge in [0.1, 0.15) is 11.8 Å². The van der Waals surface area contributed by atoms with Crippen molar-refractivity contribution in [2.45, 2.75) is 64.9 Å².